The van der Waals surface area contributed by atoms with Crippen molar-refractivity contribution in [3.8, 4) is 0 Å². The predicted molar refractivity (Wildman–Crippen MR) is 84.1 cm³/mol. The Morgan fingerprint density at radius 1 is 1.09 bits per heavy atom. The number of piperidine rings is 2. The number of aliphatic hydroxyl groups excluding tert-OH is 1. The maximum absolute atomic E-state index is 13.1. The van der Waals surface area contributed by atoms with Crippen molar-refractivity contribution in [3.63, 3.8) is 0 Å². The van der Waals surface area contributed by atoms with Gasteiger partial charge >= 0.3 is 0 Å². The van der Waals surface area contributed by atoms with Gasteiger partial charge < -0.3 is 5.11 Å². The van der Waals surface area contributed by atoms with Crippen LogP contribution in [0.3, 0.4) is 0 Å². The highest BCUT2D eigenvalue weighted by molar-refractivity contribution is 7.89. The van der Waals surface area contributed by atoms with Crippen molar-refractivity contribution in [2.24, 2.45) is 17.8 Å². The van der Waals surface area contributed by atoms with E-state index < -0.39 is 16.1 Å². The number of fused-ring (bicyclic) bond motifs is 4. The van der Waals surface area contributed by atoms with Gasteiger partial charge in [0.1, 0.15) is 0 Å². The second-order valence-corrected chi connectivity index (χ2v) is 9.33. The molecule has 2 aliphatic heterocycles. The molecule has 2 bridgehead atoms. The molecule has 4 unspecified atom stereocenters. The minimum absolute atomic E-state index is 0.0443. The van der Waals surface area contributed by atoms with Crippen molar-refractivity contribution in [2.45, 2.75) is 49.3 Å². The lowest BCUT2D eigenvalue weighted by atomic mass is 9.80. The number of rotatable bonds is 2. The van der Waals surface area contributed by atoms with E-state index in [0.717, 1.165) is 19.3 Å². The molecule has 0 amide bonds. The Labute approximate surface area is 136 Å². The summed E-state index contributed by atoms with van der Waals surface area (Å²) in [7, 11) is -3.59. The van der Waals surface area contributed by atoms with Crippen LogP contribution < -0.4 is 0 Å². The van der Waals surface area contributed by atoms with Gasteiger partial charge in [0, 0.05) is 11.1 Å². The number of nitrogens with zero attached hydrogens (tertiary/aromatic N) is 1. The van der Waals surface area contributed by atoms with Crippen LogP contribution in [0.1, 0.15) is 26.2 Å². The molecule has 0 aromatic heterocycles. The molecule has 0 radical (unpaired) electrons. The first-order chi connectivity index (χ1) is 10.4. The minimum Gasteiger partial charge on any atom is -0.391 e. The molecule has 4 rings (SSSR count). The van der Waals surface area contributed by atoms with Crippen molar-refractivity contribution in [2.75, 3.05) is 0 Å². The molecular formula is C16H20ClNO3S. The normalized spacial score (nSPS) is 41.0. The third-order valence-electron chi connectivity index (χ3n) is 5.55. The van der Waals surface area contributed by atoms with Crippen molar-refractivity contribution >= 4 is 21.6 Å². The standard InChI is InChI=1S/C16H20ClNO3S/c1-9-6-14-12-8-13(12)16(19)15(7-9)18(14)22(20,21)11-4-2-10(17)3-5-11/h2-5,9,12-16,19H,6-8H2,1H3/t9-,12?,13?,14?,15?,16+/m1/s1. The van der Waals surface area contributed by atoms with Crippen LogP contribution in [0.2, 0.25) is 5.02 Å². The molecule has 2 heterocycles. The Bertz CT molecular complexity index is 690. The molecule has 6 atom stereocenters. The van der Waals surface area contributed by atoms with Gasteiger partial charge in [-0.3, -0.25) is 0 Å². The smallest absolute Gasteiger partial charge is 0.243 e. The van der Waals surface area contributed by atoms with Gasteiger partial charge in [-0.15, -0.1) is 0 Å². The summed E-state index contributed by atoms with van der Waals surface area (Å²) >= 11 is 5.87. The van der Waals surface area contributed by atoms with E-state index in [9.17, 15) is 13.5 Å². The molecule has 4 nitrogen and oxygen atoms in total. The maximum atomic E-state index is 13.1. The molecule has 22 heavy (non-hydrogen) atoms. The minimum atomic E-state index is -3.59. The highest BCUT2D eigenvalue weighted by atomic mass is 35.5. The van der Waals surface area contributed by atoms with Gasteiger partial charge in [-0.2, -0.15) is 4.31 Å². The van der Waals surface area contributed by atoms with Gasteiger partial charge in [-0.05, 0) is 61.3 Å². The Kier molecular flexibility index (Phi) is 3.35. The monoisotopic (exact) mass is 341 g/mol. The van der Waals surface area contributed by atoms with Gasteiger partial charge in [-0.1, -0.05) is 18.5 Å². The second-order valence-electron chi connectivity index (χ2n) is 7.05. The first kappa shape index (κ1) is 14.9. The second kappa shape index (κ2) is 4.94. The number of benzene rings is 1. The largest absolute Gasteiger partial charge is 0.391 e. The van der Waals surface area contributed by atoms with Gasteiger partial charge in [0.05, 0.1) is 17.0 Å². The Morgan fingerprint density at radius 3 is 2.41 bits per heavy atom. The van der Waals surface area contributed by atoms with Crippen molar-refractivity contribution in [3.05, 3.63) is 29.3 Å². The Balaban J connectivity index is 1.75. The molecule has 0 spiro atoms. The fourth-order valence-electron chi connectivity index (χ4n) is 4.47. The summed E-state index contributed by atoms with van der Waals surface area (Å²) < 4.78 is 27.8. The van der Waals surface area contributed by atoms with Crippen LogP contribution in [0.4, 0.5) is 0 Å². The van der Waals surface area contributed by atoms with Crippen LogP contribution in [0.5, 0.6) is 0 Å². The zero-order valence-electron chi connectivity index (χ0n) is 12.4. The van der Waals surface area contributed by atoms with Gasteiger partial charge in [0.2, 0.25) is 10.0 Å². The number of aliphatic hydroxyl groups is 1. The van der Waals surface area contributed by atoms with E-state index in [1.165, 1.54) is 0 Å². The fraction of sp³-hybridized carbons (Fsp3) is 0.625. The quantitative estimate of drug-likeness (QED) is 0.899. The van der Waals surface area contributed by atoms with E-state index in [2.05, 4.69) is 6.92 Å². The van der Waals surface area contributed by atoms with Crippen LogP contribution in [-0.2, 0) is 10.0 Å². The summed E-state index contributed by atoms with van der Waals surface area (Å²) in [5.74, 6) is 1.10. The Morgan fingerprint density at radius 2 is 1.73 bits per heavy atom. The summed E-state index contributed by atoms with van der Waals surface area (Å²) in [6.07, 6.45) is 2.08. The molecule has 1 aromatic carbocycles. The third kappa shape index (κ3) is 2.13. The summed E-state index contributed by atoms with van der Waals surface area (Å²) in [6, 6.07) is 6.09. The number of hydrogen-bond donors (Lipinski definition) is 1. The average Bonchev–Trinajstić information content (AvgIpc) is 3.25. The lowest BCUT2D eigenvalue weighted by Gasteiger charge is -2.48. The molecule has 1 saturated carbocycles. The molecule has 1 N–H and O–H groups in total. The lowest BCUT2D eigenvalue weighted by Crippen LogP contribution is -2.60. The molecular weight excluding hydrogens is 322 g/mol. The van der Waals surface area contributed by atoms with Gasteiger partial charge in [0.15, 0.2) is 0 Å². The van der Waals surface area contributed by atoms with Crippen LogP contribution in [0.15, 0.2) is 29.2 Å². The van der Waals surface area contributed by atoms with Crippen LogP contribution in [-0.4, -0.2) is 36.0 Å². The molecule has 3 aliphatic rings. The third-order valence-corrected chi connectivity index (χ3v) is 7.77. The summed E-state index contributed by atoms with van der Waals surface area (Å²) in [6.45, 7) is 2.15. The molecule has 120 valence electrons. The van der Waals surface area contributed by atoms with E-state index in [1.54, 1.807) is 28.6 Å². The van der Waals surface area contributed by atoms with Crippen LogP contribution in [0, 0.1) is 17.8 Å². The van der Waals surface area contributed by atoms with Crippen molar-refractivity contribution in [1.82, 2.24) is 4.31 Å². The van der Waals surface area contributed by atoms with Gasteiger partial charge in [-0.25, -0.2) is 8.42 Å². The summed E-state index contributed by atoms with van der Waals surface area (Å²) in [5, 5.41) is 11.1. The fourth-order valence-corrected chi connectivity index (χ4v) is 6.48. The Hall–Kier alpha value is -0.620. The lowest BCUT2D eigenvalue weighted by molar-refractivity contribution is -0.0229. The number of hydrogen-bond acceptors (Lipinski definition) is 3. The molecule has 3 fully saturated rings. The van der Waals surface area contributed by atoms with E-state index in [-0.39, 0.29) is 17.0 Å². The summed E-state index contributed by atoms with van der Waals surface area (Å²) in [5.41, 5.74) is 0. The first-order valence-electron chi connectivity index (χ1n) is 7.87. The first-order valence-corrected chi connectivity index (χ1v) is 9.68. The zero-order valence-corrected chi connectivity index (χ0v) is 14.0. The highest BCUT2D eigenvalue weighted by Gasteiger charge is 2.62. The van der Waals surface area contributed by atoms with E-state index >= 15 is 0 Å². The molecule has 2 saturated heterocycles. The molecule has 1 aromatic rings. The number of sulfonamides is 1. The maximum Gasteiger partial charge on any atom is 0.243 e. The SMILES string of the molecule is C[C@@H]1CC2C3CC3[C@H](O)C(C1)N2S(=O)(=O)c1ccc(Cl)cc1. The highest BCUT2D eigenvalue weighted by Crippen LogP contribution is 2.56. The zero-order chi connectivity index (χ0) is 15.6. The van der Waals surface area contributed by atoms with Crippen molar-refractivity contribution in [1.29, 1.82) is 0 Å². The van der Waals surface area contributed by atoms with Gasteiger partial charge in [0.25, 0.3) is 0 Å². The topological polar surface area (TPSA) is 57.6 Å². The summed E-state index contributed by atoms with van der Waals surface area (Å²) in [4.78, 5) is 0.271. The predicted octanol–water partition coefficient (Wildman–Crippen LogP) is 2.51. The van der Waals surface area contributed by atoms with E-state index in [1.807, 2.05) is 0 Å². The van der Waals surface area contributed by atoms with Crippen molar-refractivity contribution < 1.29 is 13.5 Å². The van der Waals surface area contributed by atoms with Crippen LogP contribution >= 0.6 is 11.6 Å². The molecule has 6 heteroatoms. The molecule has 1 aliphatic carbocycles. The number of halogens is 1. The average molecular weight is 342 g/mol. The van der Waals surface area contributed by atoms with E-state index in [0.29, 0.717) is 22.8 Å². The van der Waals surface area contributed by atoms with Crippen LogP contribution in [0.25, 0.3) is 0 Å². The van der Waals surface area contributed by atoms with E-state index in [4.69, 9.17) is 11.6 Å².